The summed E-state index contributed by atoms with van der Waals surface area (Å²) in [5.74, 6) is 0.410. The molecule has 0 aromatic heterocycles. The highest BCUT2D eigenvalue weighted by Gasteiger charge is 2.32. The van der Waals surface area contributed by atoms with Crippen molar-refractivity contribution in [1.29, 1.82) is 0 Å². The van der Waals surface area contributed by atoms with Gasteiger partial charge in [0.2, 0.25) is 0 Å². The van der Waals surface area contributed by atoms with Gasteiger partial charge in [0.25, 0.3) is 0 Å². The average Bonchev–Trinajstić information content (AvgIpc) is 2.46. The molecule has 2 rings (SSSR count). The molecular formula is C11H11F3. The summed E-state index contributed by atoms with van der Waals surface area (Å²) in [5.41, 5.74) is 1.43. The van der Waals surface area contributed by atoms with Crippen LogP contribution >= 0.6 is 0 Å². The van der Waals surface area contributed by atoms with Gasteiger partial charge in [-0.15, -0.1) is 0 Å². The lowest BCUT2D eigenvalue weighted by molar-refractivity contribution is -0.137. The van der Waals surface area contributed by atoms with Gasteiger partial charge < -0.3 is 0 Å². The van der Waals surface area contributed by atoms with E-state index in [0.29, 0.717) is 5.92 Å². The van der Waals surface area contributed by atoms with Gasteiger partial charge in [-0.2, -0.15) is 13.2 Å². The Morgan fingerprint density at radius 1 is 1.29 bits per heavy atom. The van der Waals surface area contributed by atoms with Crippen LogP contribution < -0.4 is 0 Å². The Bertz CT molecular complexity index is 352. The van der Waals surface area contributed by atoms with Crippen molar-refractivity contribution in [3.8, 4) is 0 Å². The molecule has 1 atom stereocenters. The number of aryl methyl sites for hydroxylation is 1. The Morgan fingerprint density at radius 2 is 2.00 bits per heavy atom. The van der Waals surface area contributed by atoms with Crippen LogP contribution in [0.5, 0.6) is 0 Å². The van der Waals surface area contributed by atoms with E-state index >= 15 is 0 Å². The molecule has 0 nitrogen and oxygen atoms in total. The molecule has 1 aliphatic rings. The van der Waals surface area contributed by atoms with Crippen LogP contribution in [0, 0.1) is 0 Å². The molecule has 1 aromatic rings. The molecular weight excluding hydrogens is 189 g/mol. The number of alkyl halides is 3. The highest BCUT2D eigenvalue weighted by atomic mass is 19.4. The molecule has 0 unspecified atom stereocenters. The SMILES string of the molecule is C[C@@H]1CCc2cc(C(F)(F)F)ccc21. The average molecular weight is 200 g/mol. The van der Waals surface area contributed by atoms with Crippen LogP contribution in [-0.4, -0.2) is 0 Å². The minimum absolute atomic E-state index is 0.410. The Balaban J connectivity index is 2.42. The first-order valence-corrected chi connectivity index (χ1v) is 4.68. The standard InChI is InChI=1S/C11H11F3/c1-7-2-3-8-6-9(11(12,13)14)4-5-10(7)8/h4-7H,2-3H2,1H3/t7-/m1/s1. The van der Waals surface area contributed by atoms with E-state index in [1.165, 1.54) is 12.1 Å². The van der Waals surface area contributed by atoms with Crippen LogP contribution in [0.15, 0.2) is 18.2 Å². The summed E-state index contributed by atoms with van der Waals surface area (Å²) in [6.07, 6.45) is -2.46. The molecule has 0 saturated heterocycles. The molecule has 0 aliphatic heterocycles. The van der Waals surface area contributed by atoms with Crippen LogP contribution in [0.2, 0.25) is 0 Å². The van der Waals surface area contributed by atoms with Crippen molar-refractivity contribution in [2.75, 3.05) is 0 Å². The molecule has 0 fully saturated rings. The van der Waals surface area contributed by atoms with E-state index in [1.54, 1.807) is 6.07 Å². The molecule has 1 aliphatic carbocycles. The van der Waals surface area contributed by atoms with Crippen molar-refractivity contribution < 1.29 is 13.2 Å². The van der Waals surface area contributed by atoms with Gasteiger partial charge in [0, 0.05) is 0 Å². The Hall–Kier alpha value is -0.990. The van der Waals surface area contributed by atoms with Gasteiger partial charge in [0.15, 0.2) is 0 Å². The first kappa shape index (κ1) is 9.56. The Kier molecular flexibility index (Phi) is 2.05. The van der Waals surface area contributed by atoms with Gasteiger partial charge in [0.1, 0.15) is 0 Å². The van der Waals surface area contributed by atoms with Gasteiger partial charge in [-0.1, -0.05) is 13.0 Å². The first-order valence-electron chi connectivity index (χ1n) is 4.68. The third-order valence-electron chi connectivity index (χ3n) is 2.85. The second-order valence-electron chi connectivity index (χ2n) is 3.85. The third-order valence-corrected chi connectivity index (χ3v) is 2.85. The van der Waals surface area contributed by atoms with E-state index in [4.69, 9.17) is 0 Å². The molecule has 3 heteroatoms. The van der Waals surface area contributed by atoms with Gasteiger partial charge in [-0.05, 0) is 42.0 Å². The summed E-state index contributed by atoms with van der Waals surface area (Å²) >= 11 is 0. The molecule has 0 bridgehead atoms. The van der Waals surface area contributed by atoms with Crippen molar-refractivity contribution in [3.05, 3.63) is 34.9 Å². The number of halogens is 3. The summed E-state index contributed by atoms with van der Waals surface area (Å²) < 4.78 is 37.1. The molecule has 0 N–H and O–H groups in total. The van der Waals surface area contributed by atoms with Crippen LogP contribution in [0.4, 0.5) is 13.2 Å². The van der Waals surface area contributed by atoms with E-state index < -0.39 is 11.7 Å². The molecule has 76 valence electrons. The van der Waals surface area contributed by atoms with Crippen molar-refractivity contribution in [1.82, 2.24) is 0 Å². The molecule has 0 amide bonds. The predicted octanol–water partition coefficient (Wildman–Crippen LogP) is 3.76. The van der Waals surface area contributed by atoms with E-state index in [2.05, 4.69) is 6.92 Å². The quantitative estimate of drug-likeness (QED) is 0.598. The fourth-order valence-electron chi connectivity index (χ4n) is 2.01. The first-order chi connectivity index (χ1) is 6.48. The van der Waals surface area contributed by atoms with Crippen LogP contribution in [0.3, 0.4) is 0 Å². The van der Waals surface area contributed by atoms with E-state index in [0.717, 1.165) is 24.0 Å². The minimum atomic E-state index is -4.21. The second kappa shape index (κ2) is 3.01. The number of fused-ring (bicyclic) bond motifs is 1. The van der Waals surface area contributed by atoms with Crippen molar-refractivity contribution >= 4 is 0 Å². The third kappa shape index (κ3) is 1.51. The lowest BCUT2D eigenvalue weighted by Crippen LogP contribution is -2.05. The van der Waals surface area contributed by atoms with E-state index in [9.17, 15) is 13.2 Å². The zero-order chi connectivity index (χ0) is 10.3. The largest absolute Gasteiger partial charge is 0.416 e. The van der Waals surface area contributed by atoms with Gasteiger partial charge in [-0.25, -0.2) is 0 Å². The summed E-state index contributed by atoms with van der Waals surface area (Å²) in [7, 11) is 0. The number of benzene rings is 1. The molecule has 0 spiro atoms. The lowest BCUT2D eigenvalue weighted by Gasteiger charge is -2.09. The fourth-order valence-corrected chi connectivity index (χ4v) is 2.01. The maximum absolute atomic E-state index is 12.4. The summed E-state index contributed by atoms with van der Waals surface area (Å²) in [6, 6.07) is 4.09. The number of hydrogen-bond donors (Lipinski definition) is 0. The fraction of sp³-hybridized carbons (Fsp3) is 0.455. The highest BCUT2D eigenvalue weighted by molar-refractivity contribution is 5.38. The van der Waals surface area contributed by atoms with Crippen LogP contribution in [-0.2, 0) is 12.6 Å². The minimum Gasteiger partial charge on any atom is -0.166 e. The zero-order valence-corrected chi connectivity index (χ0v) is 7.86. The van der Waals surface area contributed by atoms with Gasteiger partial charge >= 0.3 is 6.18 Å². The Morgan fingerprint density at radius 3 is 2.64 bits per heavy atom. The summed E-state index contributed by atoms with van der Waals surface area (Å²) in [6.45, 7) is 2.05. The summed E-state index contributed by atoms with van der Waals surface area (Å²) in [5, 5.41) is 0. The van der Waals surface area contributed by atoms with Crippen molar-refractivity contribution in [3.63, 3.8) is 0 Å². The molecule has 1 aromatic carbocycles. The molecule has 0 heterocycles. The monoisotopic (exact) mass is 200 g/mol. The second-order valence-corrected chi connectivity index (χ2v) is 3.85. The topological polar surface area (TPSA) is 0 Å². The lowest BCUT2D eigenvalue weighted by atomic mass is 10.0. The molecule has 0 radical (unpaired) electrons. The van der Waals surface area contributed by atoms with Crippen LogP contribution in [0.1, 0.15) is 36.0 Å². The van der Waals surface area contributed by atoms with E-state index in [-0.39, 0.29) is 0 Å². The normalized spacial score (nSPS) is 21.0. The van der Waals surface area contributed by atoms with Crippen molar-refractivity contribution in [2.45, 2.75) is 31.9 Å². The van der Waals surface area contributed by atoms with Crippen molar-refractivity contribution in [2.24, 2.45) is 0 Å². The zero-order valence-electron chi connectivity index (χ0n) is 7.86. The van der Waals surface area contributed by atoms with E-state index in [1.807, 2.05) is 0 Å². The van der Waals surface area contributed by atoms with Crippen LogP contribution in [0.25, 0.3) is 0 Å². The van der Waals surface area contributed by atoms with Gasteiger partial charge in [-0.3, -0.25) is 0 Å². The maximum atomic E-state index is 12.4. The molecule has 0 saturated carbocycles. The molecule has 14 heavy (non-hydrogen) atoms. The smallest absolute Gasteiger partial charge is 0.166 e. The Labute approximate surface area is 80.7 Å². The number of rotatable bonds is 0. The number of hydrogen-bond acceptors (Lipinski definition) is 0. The van der Waals surface area contributed by atoms with Gasteiger partial charge in [0.05, 0.1) is 5.56 Å². The highest BCUT2D eigenvalue weighted by Crippen LogP contribution is 2.37. The maximum Gasteiger partial charge on any atom is 0.416 e. The predicted molar refractivity (Wildman–Crippen MR) is 48.2 cm³/mol. The summed E-state index contributed by atoms with van der Waals surface area (Å²) in [4.78, 5) is 0.